The van der Waals surface area contributed by atoms with Crippen molar-refractivity contribution < 1.29 is 31.5 Å². The van der Waals surface area contributed by atoms with E-state index in [0.717, 1.165) is 12.1 Å². The first-order chi connectivity index (χ1) is 21.3. The number of likely N-dealkylation sites (N-methyl/N-ethyl adjacent to an activating group) is 2. The van der Waals surface area contributed by atoms with E-state index in [1.807, 2.05) is 37.9 Å². The van der Waals surface area contributed by atoms with Crippen molar-refractivity contribution in [2.24, 2.45) is 5.73 Å². The first kappa shape index (κ1) is 33.8. The number of ether oxygens (including phenoxy) is 2. The molecule has 0 saturated carbocycles. The lowest BCUT2D eigenvalue weighted by Crippen LogP contribution is -2.38. The Balaban J connectivity index is 2.02. The van der Waals surface area contributed by atoms with Crippen molar-refractivity contribution >= 4 is 38.0 Å². The molecule has 45 heavy (non-hydrogen) atoms. The first-order valence-corrected chi connectivity index (χ1v) is 15.5. The van der Waals surface area contributed by atoms with Crippen LogP contribution in [0.25, 0.3) is 22.2 Å². The van der Waals surface area contributed by atoms with Gasteiger partial charge in [0, 0.05) is 51.0 Å². The molecule has 1 heterocycles. The van der Waals surface area contributed by atoms with Crippen molar-refractivity contribution in [2.45, 2.75) is 28.8 Å². The molecule has 0 radical (unpaired) electrons. The van der Waals surface area contributed by atoms with E-state index in [-0.39, 0.29) is 29.7 Å². The van der Waals surface area contributed by atoms with E-state index in [1.165, 1.54) is 18.2 Å². The quantitative estimate of drug-likeness (QED) is 0.186. The highest BCUT2D eigenvalue weighted by Crippen LogP contribution is 2.43. The van der Waals surface area contributed by atoms with E-state index in [0.29, 0.717) is 46.1 Å². The van der Waals surface area contributed by atoms with Crippen LogP contribution in [0.2, 0.25) is 0 Å². The minimum absolute atomic E-state index is 0.0104. The molecule has 0 aliphatic carbocycles. The number of aromatic amines is 1. The van der Waals surface area contributed by atoms with Gasteiger partial charge in [-0.1, -0.05) is 0 Å². The summed E-state index contributed by atoms with van der Waals surface area (Å²) >= 11 is 0. The van der Waals surface area contributed by atoms with Crippen LogP contribution >= 0.6 is 0 Å². The third-order valence-corrected chi connectivity index (χ3v) is 9.16. The second-order valence-corrected chi connectivity index (χ2v) is 13.1. The van der Waals surface area contributed by atoms with Crippen molar-refractivity contribution in [3.63, 3.8) is 0 Å². The van der Waals surface area contributed by atoms with E-state index < -0.39 is 38.3 Å². The van der Waals surface area contributed by atoms with Crippen LogP contribution in [0, 0.1) is 11.6 Å². The lowest BCUT2D eigenvalue weighted by molar-refractivity contribution is 0.1000. The van der Waals surface area contributed by atoms with E-state index in [1.54, 1.807) is 26.4 Å². The van der Waals surface area contributed by atoms with Gasteiger partial charge in [-0.25, -0.2) is 17.2 Å². The summed E-state index contributed by atoms with van der Waals surface area (Å²) in [5, 5.41) is 11.3. The van der Waals surface area contributed by atoms with Crippen LogP contribution in [0.1, 0.15) is 17.3 Å². The van der Waals surface area contributed by atoms with Crippen LogP contribution in [0.4, 0.5) is 20.2 Å². The van der Waals surface area contributed by atoms with E-state index in [2.05, 4.69) is 15.5 Å². The zero-order chi connectivity index (χ0) is 33.1. The van der Waals surface area contributed by atoms with Crippen LogP contribution in [-0.4, -0.2) is 96.6 Å². The lowest BCUT2D eigenvalue weighted by atomic mass is 9.97. The zero-order valence-corrected chi connectivity index (χ0v) is 26.8. The Hall–Kier alpha value is -4.11. The molecule has 242 valence electrons. The molecule has 4 aromatic rings. The van der Waals surface area contributed by atoms with Gasteiger partial charge in [0.1, 0.15) is 17.3 Å². The fourth-order valence-electron chi connectivity index (χ4n) is 5.28. The number of amides is 1. The normalized spacial score (nSPS) is 12.7. The van der Waals surface area contributed by atoms with Gasteiger partial charge in [0.25, 0.3) is 5.91 Å². The number of benzene rings is 3. The monoisotopic (exact) mass is 644 g/mol. The number of nitrogens with one attached hydrogen (secondary N) is 2. The molecule has 0 fully saturated rings. The number of rotatable bonds is 14. The Bertz CT molecular complexity index is 1770. The van der Waals surface area contributed by atoms with Gasteiger partial charge in [-0.15, -0.1) is 0 Å². The van der Waals surface area contributed by atoms with Crippen LogP contribution in [0.3, 0.4) is 0 Å². The van der Waals surface area contributed by atoms with Crippen LogP contribution in [0.15, 0.2) is 58.3 Å². The summed E-state index contributed by atoms with van der Waals surface area (Å²) in [7, 11) is 4.58. The van der Waals surface area contributed by atoms with Gasteiger partial charge in [-0.3, -0.25) is 9.89 Å². The molecule has 3 aromatic carbocycles. The number of methoxy groups -OCH3 is 2. The maximum Gasteiger partial charge on any atom is 0.250 e. The largest absolute Gasteiger partial charge is 0.382 e. The van der Waals surface area contributed by atoms with Gasteiger partial charge in [0.2, 0.25) is 9.84 Å². The van der Waals surface area contributed by atoms with Crippen molar-refractivity contribution in [3.8, 4) is 11.3 Å². The smallest absolute Gasteiger partial charge is 0.250 e. The summed E-state index contributed by atoms with van der Waals surface area (Å²) in [5.41, 5.74) is 8.37. The molecule has 0 saturated heterocycles. The van der Waals surface area contributed by atoms with Gasteiger partial charge >= 0.3 is 0 Å². The average molecular weight is 645 g/mol. The maximum absolute atomic E-state index is 14.0. The molecule has 14 heteroatoms. The highest BCUT2D eigenvalue weighted by Gasteiger charge is 2.28. The number of halogens is 2. The molecule has 4 rings (SSSR count). The Morgan fingerprint density at radius 1 is 1.00 bits per heavy atom. The fraction of sp³-hybridized carbons (Fsp3) is 0.355. The molecule has 1 aromatic heterocycles. The van der Waals surface area contributed by atoms with E-state index in [4.69, 9.17) is 15.2 Å². The molecule has 0 aliphatic rings. The zero-order valence-electron chi connectivity index (χ0n) is 26.0. The number of anilines is 2. The summed E-state index contributed by atoms with van der Waals surface area (Å²) in [6.45, 7) is 3.20. The van der Waals surface area contributed by atoms with Crippen LogP contribution < -0.4 is 16.0 Å². The molecular formula is C31H38F2N6O5S. The third kappa shape index (κ3) is 7.25. The number of fused-ring (bicyclic) bond motifs is 1. The number of aromatic nitrogens is 2. The number of H-pyrrole nitrogens is 1. The standard InChI is InChI=1S/C31H38F2N6O5S/c1-18(15-38(2)3)39(4)27-10-8-24(31(34)40)29(35-21(16-43-5)17-44-6)28(27)30-25-14-22(7-9-26(25)36-37-30)45(41,42)23-12-19(32)11-20(33)13-23/h7-14,18,21,35H,15-17H2,1-6H3,(H2,34,40)(H,36,37). The Labute approximate surface area is 261 Å². The number of primary amides is 1. The highest BCUT2D eigenvalue weighted by atomic mass is 32.2. The molecule has 0 spiro atoms. The number of hydrogen-bond acceptors (Lipinski definition) is 9. The number of nitrogens with zero attached hydrogens (tertiary/aromatic N) is 3. The van der Waals surface area contributed by atoms with E-state index in [9.17, 15) is 22.0 Å². The second kappa shape index (κ2) is 13.9. The SMILES string of the molecule is COCC(COC)Nc1c(C(N)=O)ccc(N(C)C(C)CN(C)C)c1-c1n[nH]c2ccc(S(=O)(=O)c3cc(F)cc(F)c3)cc12. The predicted octanol–water partition coefficient (Wildman–Crippen LogP) is 3.90. The summed E-state index contributed by atoms with van der Waals surface area (Å²) in [5.74, 6) is -2.73. The molecular weight excluding hydrogens is 606 g/mol. The molecule has 11 nitrogen and oxygen atoms in total. The van der Waals surface area contributed by atoms with Crippen LogP contribution in [-0.2, 0) is 19.3 Å². The molecule has 1 atom stereocenters. The van der Waals surface area contributed by atoms with Gasteiger partial charge in [-0.2, -0.15) is 5.10 Å². The Morgan fingerprint density at radius 2 is 1.64 bits per heavy atom. The van der Waals surface area contributed by atoms with Gasteiger partial charge in [0.05, 0.1) is 51.4 Å². The van der Waals surface area contributed by atoms with Crippen molar-refractivity contribution in [2.75, 3.05) is 65.3 Å². The summed E-state index contributed by atoms with van der Waals surface area (Å²) in [6.07, 6.45) is 0. The van der Waals surface area contributed by atoms with E-state index >= 15 is 0 Å². The Kier molecular flexibility index (Phi) is 10.4. The third-order valence-electron chi connectivity index (χ3n) is 7.43. The Morgan fingerprint density at radius 3 is 2.22 bits per heavy atom. The number of carbonyl (C=O) groups excluding carboxylic acids is 1. The molecule has 1 unspecified atom stereocenters. The summed E-state index contributed by atoms with van der Waals surface area (Å²) in [6, 6.07) is 9.37. The molecule has 1 amide bonds. The minimum atomic E-state index is -4.33. The number of sulfone groups is 1. The summed E-state index contributed by atoms with van der Waals surface area (Å²) in [4.78, 5) is 16.1. The highest BCUT2D eigenvalue weighted by molar-refractivity contribution is 7.91. The van der Waals surface area contributed by atoms with Crippen molar-refractivity contribution in [1.29, 1.82) is 0 Å². The van der Waals surface area contributed by atoms with Gasteiger partial charge < -0.3 is 30.3 Å². The van der Waals surface area contributed by atoms with Gasteiger partial charge in [0.15, 0.2) is 0 Å². The lowest BCUT2D eigenvalue weighted by Gasteiger charge is -2.32. The first-order valence-electron chi connectivity index (χ1n) is 14.1. The minimum Gasteiger partial charge on any atom is -0.382 e. The second-order valence-electron chi connectivity index (χ2n) is 11.1. The van der Waals surface area contributed by atoms with Crippen molar-refractivity contribution in [3.05, 3.63) is 65.7 Å². The predicted molar refractivity (Wildman–Crippen MR) is 169 cm³/mol. The molecule has 0 bridgehead atoms. The number of carbonyl (C=O) groups is 1. The maximum atomic E-state index is 14.0. The topological polar surface area (TPSA) is 143 Å². The fourth-order valence-corrected chi connectivity index (χ4v) is 6.61. The molecule has 4 N–H and O–H groups in total. The van der Waals surface area contributed by atoms with Crippen LogP contribution in [0.5, 0.6) is 0 Å². The summed E-state index contributed by atoms with van der Waals surface area (Å²) < 4.78 is 65.8. The molecule has 0 aliphatic heterocycles. The average Bonchev–Trinajstić information content (AvgIpc) is 3.38. The van der Waals surface area contributed by atoms with Gasteiger partial charge in [-0.05, 0) is 63.5 Å². The number of nitrogens with two attached hydrogens (primary N) is 1. The van der Waals surface area contributed by atoms with Crippen molar-refractivity contribution in [1.82, 2.24) is 15.1 Å². The number of hydrogen-bond donors (Lipinski definition) is 3.